The monoisotopic (exact) mass is 384 g/mol. The van der Waals surface area contributed by atoms with Gasteiger partial charge in [-0.25, -0.2) is 0 Å². The molecule has 0 saturated heterocycles. The highest BCUT2D eigenvalue weighted by molar-refractivity contribution is 6.64. The average molecular weight is 384 g/mol. The van der Waals surface area contributed by atoms with E-state index in [1.54, 1.807) is 30.5 Å². The van der Waals surface area contributed by atoms with Crippen LogP contribution >= 0.6 is 0 Å². The molecule has 4 aromatic rings. The number of fused-ring (bicyclic) bond motifs is 2. The fourth-order valence-electron chi connectivity index (χ4n) is 4.27. The third-order valence-corrected chi connectivity index (χ3v) is 5.73. The van der Waals surface area contributed by atoms with Crippen LogP contribution in [-0.2, 0) is 19.2 Å². The van der Waals surface area contributed by atoms with Crippen LogP contribution in [0.4, 0.5) is 0 Å². The van der Waals surface area contributed by atoms with Crippen LogP contribution in [0.1, 0.15) is 28.5 Å². The summed E-state index contributed by atoms with van der Waals surface area (Å²) in [5.41, 5.74) is 3.20. The standard InChI is InChI=1S/C23H16N2O4/c1-11-5-4-7-13-15(10-25-19(11)13)18-22(28)20(26)17(21(27)23(18)29)14-9-24-16-8-3-2-6-12(14)16/h2-10,17-18,24-25H,1H3. The van der Waals surface area contributed by atoms with Crippen LogP contribution in [0.3, 0.4) is 0 Å². The van der Waals surface area contributed by atoms with Gasteiger partial charge in [-0.05, 0) is 29.7 Å². The van der Waals surface area contributed by atoms with E-state index >= 15 is 0 Å². The van der Waals surface area contributed by atoms with Gasteiger partial charge in [0, 0.05) is 34.2 Å². The molecule has 0 aliphatic heterocycles. The molecule has 2 N–H and O–H groups in total. The maximum Gasteiger partial charge on any atom is 0.214 e. The van der Waals surface area contributed by atoms with E-state index in [1.807, 2.05) is 25.1 Å². The number of ketones is 4. The Balaban J connectivity index is 1.62. The zero-order chi connectivity index (χ0) is 20.3. The Morgan fingerprint density at radius 1 is 0.655 bits per heavy atom. The molecule has 0 unspecified atom stereocenters. The van der Waals surface area contributed by atoms with Crippen molar-refractivity contribution in [3.05, 3.63) is 71.5 Å². The molecular weight excluding hydrogens is 368 g/mol. The van der Waals surface area contributed by atoms with Gasteiger partial charge in [-0.15, -0.1) is 0 Å². The Kier molecular flexibility index (Phi) is 3.64. The molecular formula is C23H16N2O4. The maximum atomic E-state index is 13.0. The molecule has 5 rings (SSSR count). The summed E-state index contributed by atoms with van der Waals surface area (Å²) in [5, 5.41) is 1.32. The van der Waals surface area contributed by atoms with E-state index in [9.17, 15) is 19.2 Å². The Bertz CT molecular complexity index is 1330. The number of nitrogens with one attached hydrogen (secondary N) is 2. The summed E-state index contributed by atoms with van der Waals surface area (Å²) >= 11 is 0. The number of aromatic amines is 2. The highest BCUT2D eigenvalue weighted by Crippen LogP contribution is 2.37. The Morgan fingerprint density at radius 2 is 1.21 bits per heavy atom. The Hall–Kier alpha value is -3.80. The lowest BCUT2D eigenvalue weighted by Gasteiger charge is -2.23. The number of benzene rings is 2. The minimum Gasteiger partial charge on any atom is -0.361 e. The van der Waals surface area contributed by atoms with Crippen LogP contribution in [0.25, 0.3) is 21.8 Å². The summed E-state index contributed by atoms with van der Waals surface area (Å²) in [6, 6.07) is 12.6. The number of aryl methyl sites for hydroxylation is 1. The van der Waals surface area contributed by atoms with Gasteiger partial charge in [-0.2, -0.15) is 0 Å². The molecule has 2 heterocycles. The second kappa shape index (κ2) is 6.10. The first-order chi connectivity index (χ1) is 14.0. The zero-order valence-corrected chi connectivity index (χ0v) is 15.5. The van der Waals surface area contributed by atoms with Crippen molar-refractivity contribution in [2.45, 2.75) is 18.8 Å². The van der Waals surface area contributed by atoms with Crippen molar-refractivity contribution in [2.75, 3.05) is 0 Å². The lowest BCUT2D eigenvalue weighted by atomic mass is 9.72. The van der Waals surface area contributed by atoms with Crippen molar-refractivity contribution < 1.29 is 19.2 Å². The number of carbonyl (C=O) groups is 4. The summed E-state index contributed by atoms with van der Waals surface area (Å²) in [5.74, 6) is -6.15. The average Bonchev–Trinajstić information content (AvgIpc) is 3.33. The molecule has 1 aliphatic rings. The number of hydrogen-bond donors (Lipinski definition) is 2. The first-order valence-corrected chi connectivity index (χ1v) is 9.27. The first-order valence-electron chi connectivity index (χ1n) is 9.27. The van der Waals surface area contributed by atoms with Crippen molar-refractivity contribution in [1.82, 2.24) is 9.97 Å². The lowest BCUT2D eigenvalue weighted by Crippen LogP contribution is -2.46. The quantitative estimate of drug-likeness (QED) is 0.410. The molecule has 1 fully saturated rings. The van der Waals surface area contributed by atoms with Crippen molar-refractivity contribution in [3.8, 4) is 0 Å². The molecule has 0 radical (unpaired) electrons. The SMILES string of the molecule is Cc1cccc2c(C3C(=O)C(=O)C(c4c[nH]c5ccccc45)C(=O)C3=O)c[nH]c12. The fourth-order valence-corrected chi connectivity index (χ4v) is 4.27. The van der Waals surface area contributed by atoms with Gasteiger partial charge in [0.2, 0.25) is 23.1 Å². The van der Waals surface area contributed by atoms with E-state index in [4.69, 9.17) is 0 Å². The summed E-state index contributed by atoms with van der Waals surface area (Å²) in [4.78, 5) is 58.0. The van der Waals surface area contributed by atoms with Gasteiger partial charge in [0.1, 0.15) is 11.8 Å². The molecule has 0 bridgehead atoms. The molecule has 6 heteroatoms. The fraction of sp³-hybridized carbons (Fsp3) is 0.130. The highest BCUT2D eigenvalue weighted by Gasteiger charge is 2.50. The molecule has 0 spiro atoms. The Morgan fingerprint density at radius 3 is 1.90 bits per heavy atom. The third-order valence-electron chi connectivity index (χ3n) is 5.73. The van der Waals surface area contributed by atoms with Crippen molar-refractivity contribution >= 4 is 44.9 Å². The largest absolute Gasteiger partial charge is 0.361 e. The van der Waals surface area contributed by atoms with E-state index in [-0.39, 0.29) is 0 Å². The molecule has 0 atom stereocenters. The summed E-state index contributed by atoms with van der Waals surface area (Å²) < 4.78 is 0. The van der Waals surface area contributed by atoms with E-state index < -0.39 is 35.0 Å². The van der Waals surface area contributed by atoms with E-state index in [0.29, 0.717) is 21.9 Å². The van der Waals surface area contributed by atoms with Gasteiger partial charge < -0.3 is 9.97 Å². The third kappa shape index (κ3) is 2.35. The summed E-state index contributed by atoms with van der Waals surface area (Å²) in [7, 11) is 0. The predicted molar refractivity (Wildman–Crippen MR) is 107 cm³/mol. The number of aromatic nitrogens is 2. The van der Waals surface area contributed by atoms with Gasteiger partial charge in [0.05, 0.1) is 0 Å². The topological polar surface area (TPSA) is 99.9 Å². The minimum atomic E-state index is -1.40. The van der Waals surface area contributed by atoms with Gasteiger partial charge in [-0.3, -0.25) is 19.2 Å². The normalized spacial score (nSPS) is 20.2. The molecule has 0 amide bonds. The molecule has 142 valence electrons. The smallest absolute Gasteiger partial charge is 0.214 e. The number of carbonyl (C=O) groups excluding carboxylic acids is 4. The molecule has 2 aromatic heterocycles. The lowest BCUT2D eigenvalue weighted by molar-refractivity contribution is -0.150. The Labute approximate surface area is 164 Å². The van der Waals surface area contributed by atoms with E-state index in [1.165, 1.54) is 6.20 Å². The summed E-state index contributed by atoms with van der Waals surface area (Å²) in [6.45, 7) is 1.90. The van der Waals surface area contributed by atoms with Crippen LogP contribution in [0, 0.1) is 6.92 Å². The second-order valence-corrected chi connectivity index (χ2v) is 7.35. The van der Waals surface area contributed by atoms with E-state index in [2.05, 4.69) is 9.97 Å². The molecule has 6 nitrogen and oxygen atoms in total. The van der Waals surface area contributed by atoms with Crippen molar-refractivity contribution in [3.63, 3.8) is 0 Å². The molecule has 29 heavy (non-hydrogen) atoms. The number of hydrogen-bond acceptors (Lipinski definition) is 4. The number of rotatable bonds is 2. The van der Waals surface area contributed by atoms with Crippen molar-refractivity contribution in [1.29, 1.82) is 0 Å². The number of para-hydroxylation sites is 2. The second-order valence-electron chi connectivity index (χ2n) is 7.35. The number of H-pyrrole nitrogens is 2. The zero-order valence-electron chi connectivity index (χ0n) is 15.5. The van der Waals surface area contributed by atoms with Crippen LogP contribution in [0.2, 0.25) is 0 Å². The van der Waals surface area contributed by atoms with Crippen LogP contribution in [-0.4, -0.2) is 33.1 Å². The van der Waals surface area contributed by atoms with Gasteiger partial charge in [0.25, 0.3) is 0 Å². The predicted octanol–water partition coefficient (Wildman–Crippen LogP) is 3.12. The van der Waals surface area contributed by atoms with Crippen LogP contribution in [0.15, 0.2) is 54.9 Å². The van der Waals surface area contributed by atoms with Gasteiger partial charge >= 0.3 is 0 Å². The molecule has 1 aliphatic carbocycles. The van der Waals surface area contributed by atoms with Gasteiger partial charge in [0.15, 0.2) is 0 Å². The molecule has 2 aromatic carbocycles. The number of Topliss-reactive ketones (excluding diaryl/α,β-unsaturated/α-hetero) is 4. The van der Waals surface area contributed by atoms with Crippen LogP contribution < -0.4 is 0 Å². The summed E-state index contributed by atoms with van der Waals surface area (Å²) in [6.07, 6.45) is 3.08. The first kappa shape index (κ1) is 17.3. The maximum absolute atomic E-state index is 13.0. The van der Waals surface area contributed by atoms with Crippen molar-refractivity contribution in [2.24, 2.45) is 0 Å². The van der Waals surface area contributed by atoms with E-state index in [0.717, 1.165) is 16.6 Å². The van der Waals surface area contributed by atoms with Crippen LogP contribution in [0.5, 0.6) is 0 Å². The minimum absolute atomic E-state index is 0.366. The molecule has 1 saturated carbocycles. The van der Waals surface area contributed by atoms with Gasteiger partial charge in [-0.1, -0.05) is 36.4 Å². The highest BCUT2D eigenvalue weighted by atomic mass is 16.2.